The molecule has 0 bridgehead atoms. The Balaban J connectivity index is 3.87. The van der Waals surface area contributed by atoms with Gasteiger partial charge in [-0.05, 0) is 0 Å². The van der Waals surface area contributed by atoms with Crippen molar-refractivity contribution in [1.82, 2.24) is 0 Å². The summed E-state index contributed by atoms with van der Waals surface area (Å²) in [7, 11) is 2.97. The molecule has 7 nitrogen and oxygen atoms in total. The van der Waals surface area contributed by atoms with E-state index in [-0.39, 0.29) is 39.1 Å². The summed E-state index contributed by atoms with van der Waals surface area (Å²) >= 11 is 0. The third kappa shape index (κ3) is 8.06. The molecule has 0 aromatic carbocycles. The van der Waals surface area contributed by atoms with Crippen molar-refractivity contribution in [2.24, 2.45) is 5.73 Å². The van der Waals surface area contributed by atoms with E-state index in [1.165, 1.54) is 14.2 Å². The highest BCUT2D eigenvalue weighted by atomic mass is 16.6. The number of carbonyl (C=O) groups is 1. The number of rotatable bonds is 10. The molecule has 0 aliphatic heterocycles. The molecule has 0 saturated heterocycles. The Morgan fingerprint density at radius 3 is 2.35 bits per heavy atom. The first-order valence-electron chi connectivity index (χ1n) is 5.27. The summed E-state index contributed by atoms with van der Waals surface area (Å²) in [5, 5.41) is 8.85. The Morgan fingerprint density at radius 1 is 1.24 bits per heavy atom. The summed E-state index contributed by atoms with van der Waals surface area (Å²) in [6.07, 6.45) is -0.893. The molecule has 0 fully saturated rings. The highest BCUT2D eigenvalue weighted by Gasteiger charge is 2.15. The van der Waals surface area contributed by atoms with Crippen molar-refractivity contribution in [3.05, 3.63) is 0 Å². The fraction of sp³-hybridized carbons (Fsp3) is 0.900. The number of ether oxygens (including phenoxy) is 4. The van der Waals surface area contributed by atoms with Gasteiger partial charge in [0.2, 0.25) is 0 Å². The van der Waals surface area contributed by atoms with Crippen molar-refractivity contribution >= 4 is 5.97 Å². The molecule has 102 valence electrons. The Hall–Kier alpha value is -0.730. The predicted octanol–water partition coefficient (Wildman–Crippen LogP) is -1.47. The fourth-order valence-electron chi connectivity index (χ4n) is 1.06. The number of esters is 1. The Morgan fingerprint density at radius 2 is 1.88 bits per heavy atom. The maximum atomic E-state index is 11.0. The lowest BCUT2D eigenvalue weighted by Crippen LogP contribution is -2.33. The smallest absolute Gasteiger partial charge is 0.320 e. The summed E-state index contributed by atoms with van der Waals surface area (Å²) in [4.78, 5) is 11.0. The maximum absolute atomic E-state index is 11.0. The lowest BCUT2D eigenvalue weighted by Gasteiger charge is -2.18. The van der Waals surface area contributed by atoms with Crippen LogP contribution in [0, 0.1) is 0 Å². The second-order valence-electron chi connectivity index (χ2n) is 3.35. The van der Waals surface area contributed by atoms with E-state index < -0.39 is 12.1 Å². The van der Waals surface area contributed by atoms with Crippen LogP contribution in [0.3, 0.4) is 0 Å². The van der Waals surface area contributed by atoms with Gasteiger partial charge in [0.25, 0.3) is 0 Å². The van der Waals surface area contributed by atoms with Crippen LogP contribution in [-0.2, 0) is 23.7 Å². The quantitative estimate of drug-likeness (QED) is 0.457. The van der Waals surface area contributed by atoms with Crippen molar-refractivity contribution in [2.45, 2.75) is 12.2 Å². The third-order valence-corrected chi connectivity index (χ3v) is 1.96. The lowest BCUT2D eigenvalue weighted by molar-refractivity contribution is -0.154. The lowest BCUT2D eigenvalue weighted by atomic mass is 10.4. The van der Waals surface area contributed by atoms with E-state index in [0.717, 1.165) is 0 Å². The number of aliphatic hydroxyl groups is 1. The highest BCUT2D eigenvalue weighted by Crippen LogP contribution is 1.97. The van der Waals surface area contributed by atoms with E-state index in [1.807, 2.05) is 0 Å². The second-order valence-corrected chi connectivity index (χ2v) is 3.35. The number of hydrogen-bond acceptors (Lipinski definition) is 7. The van der Waals surface area contributed by atoms with Crippen molar-refractivity contribution in [3.8, 4) is 0 Å². The normalized spacial score (nSPS) is 14.4. The molecule has 0 aliphatic rings. The second kappa shape index (κ2) is 10.4. The van der Waals surface area contributed by atoms with Gasteiger partial charge in [-0.3, -0.25) is 4.79 Å². The average Bonchev–Trinajstić information content (AvgIpc) is 2.34. The molecule has 0 aromatic rings. The van der Waals surface area contributed by atoms with Gasteiger partial charge in [0.05, 0.1) is 33.0 Å². The molecular weight excluding hydrogens is 230 g/mol. The summed E-state index contributed by atoms with van der Waals surface area (Å²) in [6.45, 7) is 0.293. The van der Waals surface area contributed by atoms with Gasteiger partial charge < -0.3 is 29.8 Å². The monoisotopic (exact) mass is 251 g/mol. The van der Waals surface area contributed by atoms with Crippen LogP contribution < -0.4 is 5.73 Å². The summed E-state index contributed by atoms with van der Waals surface area (Å²) in [6, 6.07) is 0. The molecule has 0 aliphatic carbocycles. The number of methoxy groups -OCH3 is 2. The zero-order valence-electron chi connectivity index (χ0n) is 10.3. The molecule has 7 heteroatoms. The molecule has 0 saturated carbocycles. The zero-order valence-corrected chi connectivity index (χ0v) is 10.3. The van der Waals surface area contributed by atoms with Crippen LogP contribution in [0.2, 0.25) is 0 Å². The fourth-order valence-corrected chi connectivity index (χ4v) is 1.06. The summed E-state index contributed by atoms with van der Waals surface area (Å²) in [5.74, 6) is -0.513. The van der Waals surface area contributed by atoms with Gasteiger partial charge in [-0.15, -0.1) is 0 Å². The number of nitrogens with two attached hydrogens (primary N) is 1. The first kappa shape index (κ1) is 16.3. The maximum Gasteiger partial charge on any atom is 0.320 e. The number of hydrogen-bond donors (Lipinski definition) is 2. The average molecular weight is 251 g/mol. The van der Waals surface area contributed by atoms with Crippen LogP contribution in [0.4, 0.5) is 0 Å². The molecule has 0 radical (unpaired) electrons. The van der Waals surface area contributed by atoms with E-state index in [4.69, 9.17) is 29.8 Å². The van der Waals surface area contributed by atoms with Gasteiger partial charge in [-0.1, -0.05) is 0 Å². The Labute approximate surface area is 101 Å². The van der Waals surface area contributed by atoms with Gasteiger partial charge >= 0.3 is 5.97 Å². The van der Waals surface area contributed by atoms with Crippen LogP contribution >= 0.6 is 0 Å². The molecule has 0 spiro atoms. The van der Waals surface area contributed by atoms with Crippen LogP contribution in [0.5, 0.6) is 0 Å². The van der Waals surface area contributed by atoms with Crippen LogP contribution in [-0.4, -0.2) is 70.5 Å². The minimum atomic E-state index is -0.513. The predicted molar refractivity (Wildman–Crippen MR) is 59.5 cm³/mol. The third-order valence-electron chi connectivity index (χ3n) is 1.96. The van der Waals surface area contributed by atoms with E-state index in [0.29, 0.717) is 0 Å². The SMILES string of the molecule is COCC(COCC(CO)OC)OC(=O)CN. The summed E-state index contributed by atoms with van der Waals surface area (Å²) in [5.41, 5.74) is 5.13. The van der Waals surface area contributed by atoms with E-state index >= 15 is 0 Å². The molecular formula is C10H21NO6. The highest BCUT2D eigenvalue weighted by molar-refractivity contribution is 5.71. The number of carbonyl (C=O) groups excluding carboxylic acids is 1. The van der Waals surface area contributed by atoms with Gasteiger partial charge in [-0.2, -0.15) is 0 Å². The molecule has 2 atom stereocenters. The Kier molecular flexibility index (Phi) is 9.98. The Bertz CT molecular complexity index is 197. The van der Waals surface area contributed by atoms with Crippen molar-refractivity contribution < 1.29 is 28.8 Å². The first-order chi connectivity index (χ1) is 8.17. The van der Waals surface area contributed by atoms with Gasteiger partial charge in [0.1, 0.15) is 12.2 Å². The zero-order chi connectivity index (χ0) is 13.1. The minimum absolute atomic E-state index is 0.131. The van der Waals surface area contributed by atoms with Crippen LogP contribution in [0.15, 0.2) is 0 Å². The van der Waals surface area contributed by atoms with E-state index in [2.05, 4.69) is 0 Å². The van der Waals surface area contributed by atoms with Crippen LogP contribution in [0.25, 0.3) is 0 Å². The molecule has 0 aromatic heterocycles. The molecule has 0 heterocycles. The standard InChI is InChI=1S/C10H21NO6/c1-14-5-9(17-10(13)3-11)7-16-6-8(4-12)15-2/h8-9,12H,3-7,11H2,1-2H3. The van der Waals surface area contributed by atoms with Crippen molar-refractivity contribution in [1.29, 1.82) is 0 Å². The largest absolute Gasteiger partial charge is 0.456 e. The van der Waals surface area contributed by atoms with E-state index in [1.54, 1.807) is 0 Å². The van der Waals surface area contributed by atoms with Gasteiger partial charge in [-0.25, -0.2) is 0 Å². The van der Waals surface area contributed by atoms with Gasteiger partial charge in [0, 0.05) is 14.2 Å². The molecule has 0 amide bonds. The summed E-state index contributed by atoms with van der Waals surface area (Å²) < 4.78 is 20.0. The first-order valence-corrected chi connectivity index (χ1v) is 5.27. The topological polar surface area (TPSA) is 100 Å². The van der Waals surface area contributed by atoms with Crippen LogP contribution in [0.1, 0.15) is 0 Å². The minimum Gasteiger partial charge on any atom is -0.456 e. The molecule has 3 N–H and O–H groups in total. The molecule has 2 unspecified atom stereocenters. The van der Waals surface area contributed by atoms with Crippen molar-refractivity contribution in [2.75, 3.05) is 47.2 Å². The molecule has 17 heavy (non-hydrogen) atoms. The molecule has 0 rings (SSSR count). The van der Waals surface area contributed by atoms with E-state index in [9.17, 15) is 4.79 Å². The van der Waals surface area contributed by atoms with Crippen molar-refractivity contribution in [3.63, 3.8) is 0 Å². The van der Waals surface area contributed by atoms with Gasteiger partial charge in [0.15, 0.2) is 0 Å². The number of aliphatic hydroxyl groups excluding tert-OH is 1.